The smallest absolute Gasteiger partial charge is 0.166 e. The minimum absolute atomic E-state index is 0.414. The van der Waals surface area contributed by atoms with Gasteiger partial charge in [-0.1, -0.05) is 0 Å². The van der Waals surface area contributed by atoms with Crippen molar-refractivity contribution in [2.24, 2.45) is 0 Å². The van der Waals surface area contributed by atoms with Crippen molar-refractivity contribution in [1.82, 2.24) is 15.5 Å². The predicted molar refractivity (Wildman–Crippen MR) is 66.7 cm³/mol. The first-order valence-electron chi connectivity index (χ1n) is 5.21. The first-order valence-corrected chi connectivity index (χ1v) is 5.62. The molecule has 0 unspecified atom stereocenters. The van der Waals surface area contributed by atoms with Crippen LogP contribution in [0.4, 0.5) is 0 Å². The van der Waals surface area contributed by atoms with Crippen molar-refractivity contribution in [3.05, 3.63) is 0 Å². The van der Waals surface area contributed by atoms with Crippen LogP contribution < -0.4 is 10.6 Å². The van der Waals surface area contributed by atoms with E-state index in [9.17, 15) is 0 Å². The number of rotatable bonds is 6. The van der Waals surface area contributed by atoms with E-state index >= 15 is 0 Å². The van der Waals surface area contributed by atoms with Crippen LogP contribution in [0.3, 0.4) is 0 Å². The second-order valence-corrected chi connectivity index (χ2v) is 4.47. The molecule has 84 valence electrons. The van der Waals surface area contributed by atoms with E-state index in [0.717, 1.165) is 24.6 Å². The first kappa shape index (κ1) is 13.7. The maximum Gasteiger partial charge on any atom is 0.166 e. The molecule has 3 nitrogen and oxygen atoms in total. The molecule has 0 saturated carbocycles. The quantitative estimate of drug-likeness (QED) is 0.516. The lowest BCUT2D eigenvalue weighted by Crippen LogP contribution is -2.39. The molecule has 0 bridgehead atoms. The highest BCUT2D eigenvalue weighted by Gasteiger charge is 1.97. The van der Waals surface area contributed by atoms with E-state index in [2.05, 4.69) is 43.5 Å². The van der Waals surface area contributed by atoms with Gasteiger partial charge in [0.1, 0.15) is 0 Å². The molecule has 0 saturated heterocycles. The molecule has 0 rings (SSSR count). The summed E-state index contributed by atoms with van der Waals surface area (Å²) in [7, 11) is 4.19. The van der Waals surface area contributed by atoms with Gasteiger partial charge in [-0.25, -0.2) is 0 Å². The summed E-state index contributed by atoms with van der Waals surface area (Å²) in [5.74, 6) is 0. The molecule has 0 aromatic rings. The van der Waals surface area contributed by atoms with E-state index in [1.807, 2.05) is 0 Å². The molecule has 14 heavy (non-hydrogen) atoms. The van der Waals surface area contributed by atoms with E-state index in [1.54, 1.807) is 0 Å². The van der Waals surface area contributed by atoms with Gasteiger partial charge in [0.15, 0.2) is 5.11 Å². The van der Waals surface area contributed by atoms with Crippen LogP contribution in [0.25, 0.3) is 0 Å². The lowest BCUT2D eigenvalue weighted by Gasteiger charge is -2.13. The van der Waals surface area contributed by atoms with Gasteiger partial charge in [-0.15, -0.1) is 0 Å². The van der Waals surface area contributed by atoms with Crippen molar-refractivity contribution in [3.8, 4) is 0 Å². The Hall–Kier alpha value is -0.350. The summed E-state index contributed by atoms with van der Waals surface area (Å²) in [6, 6.07) is 0.414. The van der Waals surface area contributed by atoms with E-state index < -0.39 is 0 Å². The third-order valence-corrected chi connectivity index (χ3v) is 2.00. The highest BCUT2D eigenvalue weighted by molar-refractivity contribution is 7.80. The zero-order valence-corrected chi connectivity index (χ0v) is 10.6. The molecule has 0 aliphatic carbocycles. The van der Waals surface area contributed by atoms with Crippen LogP contribution in [0.15, 0.2) is 0 Å². The Balaban J connectivity index is 3.23. The molecule has 2 N–H and O–H groups in total. The Morgan fingerprint density at radius 3 is 2.43 bits per heavy atom. The summed E-state index contributed by atoms with van der Waals surface area (Å²) < 4.78 is 0. The number of nitrogens with one attached hydrogen (secondary N) is 2. The van der Waals surface area contributed by atoms with E-state index in [-0.39, 0.29) is 0 Å². The Morgan fingerprint density at radius 2 is 1.93 bits per heavy atom. The fourth-order valence-corrected chi connectivity index (χ4v) is 1.41. The zero-order chi connectivity index (χ0) is 11.0. The van der Waals surface area contributed by atoms with Gasteiger partial charge in [-0.2, -0.15) is 0 Å². The maximum absolute atomic E-state index is 5.10. The van der Waals surface area contributed by atoms with E-state index in [4.69, 9.17) is 12.2 Å². The summed E-state index contributed by atoms with van der Waals surface area (Å²) in [4.78, 5) is 2.20. The van der Waals surface area contributed by atoms with E-state index in [1.165, 1.54) is 6.42 Å². The molecular formula is C10H23N3S. The number of thiocarbonyl (C=S) groups is 1. The molecule has 0 spiro atoms. The number of hydrogen-bond acceptors (Lipinski definition) is 2. The Kier molecular flexibility index (Phi) is 7.80. The predicted octanol–water partition coefficient (Wildman–Crippen LogP) is 1.20. The zero-order valence-electron chi connectivity index (χ0n) is 9.76. The molecule has 0 fully saturated rings. The van der Waals surface area contributed by atoms with Crippen LogP contribution in [0.2, 0.25) is 0 Å². The van der Waals surface area contributed by atoms with Crippen LogP contribution >= 0.6 is 12.2 Å². The molecule has 0 aliphatic rings. The van der Waals surface area contributed by atoms with Crippen molar-refractivity contribution in [2.45, 2.75) is 32.7 Å². The fourth-order valence-electron chi connectivity index (χ4n) is 1.07. The third-order valence-electron chi connectivity index (χ3n) is 1.74. The second kappa shape index (κ2) is 8.00. The van der Waals surface area contributed by atoms with Crippen LogP contribution in [0, 0.1) is 0 Å². The van der Waals surface area contributed by atoms with Crippen molar-refractivity contribution >= 4 is 17.3 Å². The second-order valence-electron chi connectivity index (χ2n) is 4.07. The molecule has 0 heterocycles. The fraction of sp³-hybridized carbons (Fsp3) is 0.900. The highest BCUT2D eigenvalue weighted by atomic mass is 32.1. The SMILES string of the molecule is CC(C)NC(=S)NCCCCN(C)C. The summed E-state index contributed by atoms with van der Waals surface area (Å²) in [5, 5.41) is 7.11. The van der Waals surface area contributed by atoms with Gasteiger partial charge in [-0.05, 0) is 59.5 Å². The minimum Gasteiger partial charge on any atom is -0.363 e. The molecular weight excluding hydrogens is 194 g/mol. The molecule has 0 amide bonds. The van der Waals surface area contributed by atoms with E-state index in [0.29, 0.717) is 6.04 Å². The summed E-state index contributed by atoms with van der Waals surface area (Å²) in [6.45, 7) is 6.28. The molecule has 0 radical (unpaired) electrons. The van der Waals surface area contributed by atoms with Crippen molar-refractivity contribution in [1.29, 1.82) is 0 Å². The Morgan fingerprint density at radius 1 is 1.29 bits per heavy atom. The summed E-state index contributed by atoms with van der Waals surface area (Å²) >= 11 is 5.10. The molecule has 0 aromatic carbocycles. The van der Waals surface area contributed by atoms with Gasteiger partial charge in [0.25, 0.3) is 0 Å². The highest BCUT2D eigenvalue weighted by Crippen LogP contribution is 1.88. The molecule has 0 aliphatic heterocycles. The van der Waals surface area contributed by atoms with Gasteiger partial charge in [0, 0.05) is 12.6 Å². The van der Waals surface area contributed by atoms with Crippen molar-refractivity contribution < 1.29 is 0 Å². The topological polar surface area (TPSA) is 27.3 Å². The monoisotopic (exact) mass is 217 g/mol. The number of hydrogen-bond donors (Lipinski definition) is 2. The third kappa shape index (κ3) is 9.74. The van der Waals surface area contributed by atoms with Gasteiger partial charge in [0.05, 0.1) is 0 Å². The maximum atomic E-state index is 5.10. The molecule has 4 heteroatoms. The summed E-state index contributed by atoms with van der Waals surface area (Å²) in [6.07, 6.45) is 2.38. The minimum atomic E-state index is 0.414. The Bertz CT molecular complexity index is 157. The first-order chi connectivity index (χ1) is 6.52. The van der Waals surface area contributed by atoms with Gasteiger partial charge in [0.2, 0.25) is 0 Å². The number of nitrogens with zero attached hydrogens (tertiary/aromatic N) is 1. The van der Waals surface area contributed by atoms with Gasteiger partial charge < -0.3 is 15.5 Å². The van der Waals surface area contributed by atoms with Crippen LogP contribution in [-0.4, -0.2) is 43.2 Å². The number of unbranched alkanes of at least 4 members (excludes halogenated alkanes) is 1. The normalized spacial score (nSPS) is 10.7. The average Bonchev–Trinajstić information content (AvgIpc) is 2.01. The van der Waals surface area contributed by atoms with Crippen LogP contribution in [0.5, 0.6) is 0 Å². The lowest BCUT2D eigenvalue weighted by atomic mass is 10.3. The van der Waals surface area contributed by atoms with Crippen molar-refractivity contribution in [3.63, 3.8) is 0 Å². The molecule has 0 atom stereocenters. The summed E-state index contributed by atoms with van der Waals surface area (Å²) in [5.41, 5.74) is 0. The Labute approximate surface area is 93.2 Å². The van der Waals surface area contributed by atoms with Crippen LogP contribution in [0.1, 0.15) is 26.7 Å². The largest absolute Gasteiger partial charge is 0.363 e. The standard InChI is InChI=1S/C10H23N3S/c1-9(2)12-10(14)11-7-5-6-8-13(3)4/h9H,5-8H2,1-4H3,(H2,11,12,14). The van der Waals surface area contributed by atoms with Gasteiger partial charge >= 0.3 is 0 Å². The molecule has 0 aromatic heterocycles. The van der Waals surface area contributed by atoms with Crippen molar-refractivity contribution in [2.75, 3.05) is 27.2 Å². The van der Waals surface area contributed by atoms with Gasteiger partial charge in [-0.3, -0.25) is 0 Å². The lowest BCUT2D eigenvalue weighted by molar-refractivity contribution is 0.394. The van der Waals surface area contributed by atoms with Crippen LogP contribution in [-0.2, 0) is 0 Å². The average molecular weight is 217 g/mol.